The van der Waals surface area contributed by atoms with Crippen LogP contribution in [0.15, 0.2) is 170 Å². The molecule has 10 rings (SSSR count). The number of benzene rings is 7. The highest BCUT2D eigenvalue weighted by atomic mass is 15.1. The van der Waals surface area contributed by atoms with Gasteiger partial charge in [0.25, 0.3) is 0 Å². The molecule has 0 aliphatic heterocycles. The lowest BCUT2D eigenvalue weighted by Crippen LogP contribution is -2.28. The molecule has 0 bridgehead atoms. The fraction of sp³-hybridized carbons (Fsp3) is 0.208. The third-order valence-electron chi connectivity index (χ3n) is 12.8. The quantitative estimate of drug-likeness (QED) is 0.160. The van der Waals surface area contributed by atoms with Crippen molar-refractivity contribution in [2.24, 2.45) is 0 Å². The van der Waals surface area contributed by atoms with Gasteiger partial charge in [0, 0.05) is 17.1 Å². The Labute approximate surface area is 321 Å². The molecular formula is C53H47N. The van der Waals surface area contributed by atoms with Crippen LogP contribution in [0.4, 0.5) is 17.1 Å². The van der Waals surface area contributed by atoms with Crippen LogP contribution >= 0.6 is 0 Å². The second-order valence-electron chi connectivity index (χ2n) is 15.7. The first-order valence-corrected chi connectivity index (χ1v) is 20.3. The van der Waals surface area contributed by atoms with E-state index in [0.29, 0.717) is 5.92 Å². The number of para-hydroxylation sites is 1. The van der Waals surface area contributed by atoms with Gasteiger partial charge >= 0.3 is 0 Å². The van der Waals surface area contributed by atoms with Crippen molar-refractivity contribution >= 4 is 17.1 Å². The smallest absolute Gasteiger partial charge is 0.0714 e. The number of anilines is 3. The molecule has 0 aromatic heterocycles. The molecule has 54 heavy (non-hydrogen) atoms. The zero-order valence-corrected chi connectivity index (χ0v) is 31.1. The largest absolute Gasteiger partial charge is 0.310 e. The van der Waals surface area contributed by atoms with Crippen LogP contribution in [0, 0.1) is 0 Å². The minimum absolute atomic E-state index is 0.449. The maximum atomic E-state index is 2.57. The van der Waals surface area contributed by atoms with Gasteiger partial charge in [-0.15, -0.1) is 0 Å². The van der Waals surface area contributed by atoms with E-state index in [1.807, 2.05) is 0 Å². The molecule has 0 heterocycles. The highest BCUT2D eigenvalue weighted by Gasteiger charge is 2.46. The zero-order chi connectivity index (χ0) is 35.9. The average Bonchev–Trinajstić information content (AvgIpc) is 3.55. The van der Waals surface area contributed by atoms with Gasteiger partial charge in [-0.25, -0.2) is 0 Å². The molecule has 3 aliphatic carbocycles. The first kappa shape index (κ1) is 32.9. The summed E-state index contributed by atoms with van der Waals surface area (Å²) in [6.07, 6.45) is 11.4. The zero-order valence-electron chi connectivity index (χ0n) is 31.1. The van der Waals surface area contributed by atoms with Crippen LogP contribution in [0.3, 0.4) is 0 Å². The van der Waals surface area contributed by atoms with Crippen molar-refractivity contribution in [3.8, 4) is 22.3 Å². The summed E-state index contributed by atoms with van der Waals surface area (Å²) < 4.78 is 0. The molecule has 0 unspecified atom stereocenters. The predicted molar refractivity (Wildman–Crippen MR) is 226 cm³/mol. The van der Waals surface area contributed by atoms with Crippen molar-refractivity contribution in [2.45, 2.75) is 69.1 Å². The van der Waals surface area contributed by atoms with Crippen molar-refractivity contribution in [2.75, 3.05) is 4.90 Å². The summed E-state index contributed by atoms with van der Waals surface area (Å²) >= 11 is 0. The summed E-state index contributed by atoms with van der Waals surface area (Å²) in [5, 5.41) is 0. The lowest BCUT2D eigenvalue weighted by molar-refractivity contribution is 0.444. The Morgan fingerprint density at radius 2 is 1.07 bits per heavy atom. The normalized spacial score (nSPS) is 15.9. The molecule has 0 saturated heterocycles. The molecule has 264 valence electrons. The first-order chi connectivity index (χ1) is 26.8. The Balaban J connectivity index is 1.19. The molecule has 7 aromatic rings. The van der Waals surface area contributed by atoms with Crippen molar-refractivity contribution in [3.63, 3.8) is 0 Å². The van der Waals surface area contributed by atoms with Crippen LogP contribution in [0.1, 0.15) is 89.8 Å². The number of hydrogen-bond acceptors (Lipinski definition) is 1. The Morgan fingerprint density at radius 1 is 0.444 bits per heavy atom. The number of rotatable bonds is 7. The van der Waals surface area contributed by atoms with E-state index >= 15 is 0 Å². The second kappa shape index (κ2) is 14.0. The van der Waals surface area contributed by atoms with E-state index in [0.717, 1.165) is 0 Å². The van der Waals surface area contributed by atoms with Gasteiger partial charge in [0.15, 0.2) is 0 Å². The van der Waals surface area contributed by atoms with Crippen molar-refractivity contribution < 1.29 is 0 Å². The molecule has 0 amide bonds. The fourth-order valence-electron chi connectivity index (χ4n) is 10.3. The van der Waals surface area contributed by atoms with Crippen LogP contribution in [0.5, 0.6) is 0 Å². The van der Waals surface area contributed by atoms with Gasteiger partial charge in [0.2, 0.25) is 0 Å². The Kier molecular flexibility index (Phi) is 8.52. The van der Waals surface area contributed by atoms with E-state index in [9.17, 15) is 0 Å². The Hall–Kier alpha value is -5.66. The molecule has 0 radical (unpaired) electrons. The Morgan fingerprint density at radius 3 is 1.85 bits per heavy atom. The molecule has 1 fully saturated rings. The molecule has 3 aliphatic rings. The van der Waals surface area contributed by atoms with E-state index in [-0.39, 0.29) is 0 Å². The summed E-state index contributed by atoms with van der Waals surface area (Å²) in [6.45, 7) is 0. The lowest BCUT2D eigenvalue weighted by Gasteiger charge is -2.35. The third-order valence-corrected chi connectivity index (χ3v) is 12.8. The Bertz CT molecular complexity index is 2380. The van der Waals surface area contributed by atoms with E-state index in [1.165, 1.54) is 130 Å². The molecular weight excluding hydrogens is 651 g/mol. The van der Waals surface area contributed by atoms with Crippen LogP contribution in [0.2, 0.25) is 0 Å². The van der Waals surface area contributed by atoms with Gasteiger partial charge in [-0.2, -0.15) is 0 Å². The molecule has 0 spiro atoms. The van der Waals surface area contributed by atoms with Gasteiger partial charge in [-0.1, -0.05) is 159 Å². The first-order valence-electron chi connectivity index (χ1n) is 20.3. The fourth-order valence-corrected chi connectivity index (χ4v) is 10.3. The van der Waals surface area contributed by atoms with E-state index < -0.39 is 5.41 Å². The van der Waals surface area contributed by atoms with Crippen LogP contribution < -0.4 is 4.90 Å². The van der Waals surface area contributed by atoms with Crippen LogP contribution in [-0.2, 0) is 18.3 Å². The van der Waals surface area contributed by atoms with Crippen LogP contribution in [-0.4, -0.2) is 0 Å². The highest BCUT2D eigenvalue weighted by molar-refractivity contribution is 5.90. The summed E-state index contributed by atoms with van der Waals surface area (Å²) in [5.41, 5.74) is 18.4. The van der Waals surface area contributed by atoms with Crippen molar-refractivity contribution in [1.29, 1.82) is 0 Å². The molecule has 1 heteroatoms. The number of nitrogens with zero attached hydrogens (tertiary/aromatic N) is 1. The van der Waals surface area contributed by atoms with Crippen molar-refractivity contribution in [1.82, 2.24) is 0 Å². The molecule has 0 atom stereocenters. The molecule has 1 nitrogen and oxygen atoms in total. The monoisotopic (exact) mass is 697 g/mol. The van der Waals surface area contributed by atoms with E-state index in [4.69, 9.17) is 0 Å². The van der Waals surface area contributed by atoms with Gasteiger partial charge < -0.3 is 4.90 Å². The SMILES string of the molecule is c1ccc(C2(c3ccccc3)c3ccccc3-c3ccc(N(c4ccc(-c5cccc6c5CCCC6)cc4)c4ccccc4C4CCCCC4)cc32)cc1. The lowest BCUT2D eigenvalue weighted by atomic mass is 9.67. The van der Waals surface area contributed by atoms with Gasteiger partial charge in [0.1, 0.15) is 0 Å². The summed E-state index contributed by atoms with van der Waals surface area (Å²) in [5.74, 6) is 0.568. The minimum Gasteiger partial charge on any atom is -0.310 e. The number of aryl methyl sites for hydroxylation is 1. The number of hydrogen-bond donors (Lipinski definition) is 0. The molecule has 7 aromatic carbocycles. The minimum atomic E-state index is -0.449. The third kappa shape index (κ3) is 5.44. The van der Waals surface area contributed by atoms with Crippen LogP contribution in [0.25, 0.3) is 22.3 Å². The van der Waals surface area contributed by atoms with E-state index in [2.05, 4.69) is 175 Å². The maximum Gasteiger partial charge on any atom is 0.0714 e. The molecule has 0 N–H and O–H groups in total. The topological polar surface area (TPSA) is 3.24 Å². The summed E-state index contributed by atoms with van der Waals surface area (Å²) in [7, 11) is 0. The van der Waals surface area contributed by atoms with E-state index in [1.54, 1.807) is 5.56 Å². The van der Waals surface area contributed by atoms with Gasteiger partial charge in [-0.3, -0.25) is 0 Å². The maximum absolute atomic E-state index is 2.57. The number of fused-ring (bicyclic) bond motifs is 4. The van der Waals surface area contributed by atoms with Gasteiger partial charge in [0.05, 0.1) is 5.41 Å². The summed E-state index contributed by atoms with van der Waals surface area (Å²) in [6, 6.07) is 64.4. The van der Waals surface area contributed by atoms with Gasteiger partial charge in [-0.05, 0) is 136 Å². The second-order valence-corrected chi connectivity index (χ2v) is 15.7. The van der Waals surface area contributed by atoms with Crippen molar-refractivity contribution in [3.05, 3.63) is 209 Å². The standard InChI is InChI=1S/C53H47N/c1-4-17-39(18-5-1)47-26-13-15-30-52(47)54(43-33-31-40(32-34-43)46-28-16-20-38-19-10-11-25-45(38)46)44-35-36-49-48-27-12-14-29-50(48)53(51(49)37-44,41-21-6-2-7-22-41)42-23-8-3-9-24-42/h2-3,6-9,12-16,20-24,26-37,39H,1,4-5,10-11,17-19,25H2. The average molecular weight is 698 g/mol. The highest BCUT2D eigenvalue weighted by Crippen LogP contribution is 2.57. The summed E-state index contributed by atoms with van der Waals surface area (Å²) in [4.78, 5) is 2.57. The predicted octanol–water partition coefficient (Wildman–Crippen LogP) is 14.1. The molecule has 1 saturated carbocycles.